The molecule has 1 unspecified atom stereocenters. The first-order valence-electron chi connectivity index (χ1n) is 9.95. The second kappa shape index (κ2) is 9.25. The van der Waals surface area contributed by atoms with Crippen LogP contribution < -0.4 is 19.5 Å². The van der Waals surface area contributed by atoms with Crippen molar-refractivity contribution in [1.29, 1.82) is 0 Å². The van der Waals surface area contributed by atoms with Crippen LogP contribution in [0.4, 0.5) is 5.69 Å². The van der Waals surface area contributed by atoms with Crippen molar-refractivity contribution in [2.75, 3.05) is 18.5 Å². The van der Waals surface area contributed by atoms with Crippen molar-refractivity contribution in [1.82, 2.24) is 20.6 Å². The zero-order chi connectivity index (χ0) is 20.8. The molecule has 0 spiro atoms. The maximum absolute atomic E-state index is 13.0. The number of amides is 1. The number of unbranched alkanes of at least 4 members (excludes halogenated alkanes) is 2. The first-order valence-corrected chi connectivity index (χ1v) is 9.95. The molecule has 156 valence electrons. The molecule has 0 radical (unpaired) electrons. The van der Waals surface area contributed by atoms with E-state index in [-0.39, 0.29) is 12.5 Å². The molecule has 1 aromatic heterocycles. The Balaban J connectivity index is 1.51. The smallest absolute Gasteiger partial charge is 0.259 e. The Labute approximate surface area is 173 Å². The summed E-state index contributed by atoms with van der Waals surface area (Å²) in [4.78, 5) is 13.0. The van der Waals surface area contributed by atoms with Crippen LogP contribution in [0.2, 0.25) is 0 Å². The fraction of sp³-hybridized carbons (Fsp3) is 0.333. The zero-order valence-electron chi connectivity index (χ0n) is 16.6. The van der Waals surface area contributed by atoms with E-state index in [0.717, 1.165) is 19.3 Å². The van der Waals surface area contributed by atoms with E-state index in [4.69, 9.17) is 14.2 Å². The summed E-state index contributed by atoms with van der Waals surface area (Å²) in [5.41, 5.74) is 0.949. The molecule has 1 aliphatic rings. The van der Waals surface area contributed by atoms with Gasteiger partial charge in [0, 0.05) is 0 Å². The van der Waals surface area contributed by atoms with Gasteiger partial charge in [-0.1, -0.05) is 43.2 Å². The summed E-state index contributed by atoms with van der Waals surface area (Å²) in [6.07, 6.45) is 2.62. The van der Waals surface area contributed by atoms with Gasteiger partial charge in [0.1, 0.15) is 12.4 Å². The van der Waals surface area contributed by atoms with Crippen molar-refractivity contribution in [3.63, 3.8) is 0 Å². The van der Waals surface area contributed by atoms with Crippen LogP contribution in [-0.2, 0) is 0 Å². The van der Waals surface area contributed by atoms with Crippen LogP contribution in [0, 0.1) is 0 Å². The molecule has 9 nitrogen and oxygen atoms in total. The monoisotopic (exact) mass is 409 g/mol. The quantitative estimate of drug-likeness (QED) is 0.547. The number of hydrogen-bond acceptors (Lipinski definition) is 7. The van der Waals surface area contributed by atoms with E-state index in [1.165, 1.54) is 0 Å². The van der Waals surface area contributed by atoms with Gasteiger partial charge in [0.25, 0.3) is 5.91 Å². The minimum Gasteiger partial charge on any atom is -0.493 e. The number of benzene rings is 2. The van der Waals surface area contributed by atoms with Gasteiger partial charge in [-0.3, -0.25) is 4.79 Å². The summed E-state index contributed by atoms with van der Waals surface area (Å²) in [7, 11) is 0. The Bertz CT molecular complexity index is 993. The molecule has 2 heterocycles. The number of nitrogens with zero attached hydrogens (tertiary/aromatic N) is 3. The fourth-order valence-corrected chi connectivity index (χ4v) is 3.13. The van der Waals surface area contributed by atoms with Crippen molar-refractivity contribution >= 4 is 11.6 Å². The standard InChI is InChI=1S/C21H23N5O4/c1-2-3-6-12-28-16-10-5-4-8-14(16)21(27)22-15-9-7-11-17-19(15)30-18(13-29-17)20-23-25-26-24-20/h4-5,7-11,18H,2-3,6,12-13H2,1H3,(H,22,27)(H,23,24,25,26). The van der Waals surface area contributed by atoms with Gasteiger partial charge in [0.05, 0.1) is 17.9 Å². The van der Waals surface area contributed by atoms with Crippen molar-refractivity contribution in [2.45, 2.75) is 32.3 Å². The van der Waals surface area contributed by atoms with E-state index in [1.54, 1.807) is 36.4 Å². The van der Waals surface area contributed by atoms with E-state index in [9.17, 15) is 4.79 Å². The highest BCUT2D eigenvalue weighted by atomic mass is 16.6. The third-order valence-corrected chi connectivity index (χ3v) is 4.66. The number of para-hydroxylation sites is 2. The predicted octanol–water partition coefficient (Wildman–Crippen LogP) is 3.53. The van der Waals surface area contributed by atoms with Gasteiger partial charge in [-0.05, 0) is 30.7 Å². The largest absolute Gasteiger partial charge is 0.493 e. The minimum atomic E-state index is -0.525. The molecule has 30 heavy (non-hydrogen) atoms. The normalized spacial score (nSPS) is 14.9. The lowest BCUT2D eigenvalue weighted by Crippen LogP contribution is -2.24. The lowest BCUT2D eigenvalue weighted by molar-refractivity contribution is 0.0856. The molecular weight excluding hydrogens is 386 g/mol. The summed E-state index contributed by atoms with van der Waals surface area (Å²) in [6.45, 7) is 2.96. The van der Waals surface area contributed by atoms with Gasteiger partial charge in [-0.2, -0.15) is 5.21 Å². The second-order valence-corrected chi connectivity index (χ2v) is 6.83. The maximum atomic E-state index is 13.0. The van der Waals surface area contributed by atoms with Gasteiger partial charge in [-0.15, -0.1) is 10.2 Å². The highest BCUT2D eigenvalue weighted by Gasteiger charge is 2.28. The number of H-pyrrole nitrogens is 1. The van der Waals surface area contributed by atoms with Crippen LogP contribution in [0.1, 0.15) is 48.5 Å². The first kappa shape index (κ1) is 19.7. The maximum Gasteiger partial charge on any atom is 0.259 e. The third kappa shape index (κ3) is 4.35. The first-order chi connectivity index (χ1) is 14.8. The van der Waals surface area contributed by atoms with Crippen LogP contribution in [0.5, 0.6) is 17.2 Å². The molecule has 2 N–H and O–H groups in total. The van der Waals surface area contributed by atoms with Crippen molar-refractivity contribution in [2.24, 2.45) is 0 Å². The number of rotatable bonds is 8. The van der Waals surface area contributed by atoms with E-state index in [2.05, 4.69) is 32.9 Å². The number of ether oxygens (including phenoxy) is 3. The van der Waals surface area contributed by atoms with Gasteiger partial charge >= 0.3 is 0 Å². The number of aromatic nitrogens is 4. The number of fused-ring (bicyclic) bond motifs is 1. The molecule has 0 fully saturated rings. The minimum absolute atomic E-state index is 0.248. The van der Waals surface area contributed by atoms with Crippen molar-refractivity contribution in [3.8, 4) is 17.2 Å². The van der Waals surface area contributed by atoms with Crippen LogP contribution in [-0.4, -0.2) is 39.7 Å². The average Bonchev–Trinajstić information content (AvgIpc) is 3.32. The highest BCUT2D eigenvalue weighted by Crippen LogP contribution is 2.41. The highest BCUT2D eigenvalue weighted by molar-refractivity contribution is 6.07. The van der Waals surface area contributed by atoms with Crippen LogP contribution >= 0.6 is 0 Å². The SMILES string of the molecule is CCCCCOc1ccccc1C(=O)Nc1cccc2c1OC(c1nn[nH]n1)CO2. The van der Waals surface area contributed by atoms with Crippen LogP contribution in [0.3, 0.4) is 0 Å². The number of carbonyl (C=O) groups is 1. The number of hydrogen-bond donors (Lipinski definition) is 2. The number of tetrazole rings is 1. The summed E-state index contributed by atoms with van der Waals surface area (Å²) in [6, 6.07) is 12.5. The van der Waals surface area contributed by atoms with E-state index in [1.807, 2.05) is 6.07 Å². The molecule has 9 heteroatoms. The number of aromatic amines is 1. The third-order valence-electron chi connectivity index (χ3n) is 4.66. The van der Waals surface area contributed by atoms with Crippen LogP contribution in [0.25, 0.3) is 0 Å². The molecule has 0 saturated heterocycles. The second-order valence-electron chi connectivity index (χ2n) is 6.83. The summed E-state index contributed by atoms with van der Waals surface area (Å²) >= 11 is 0. The lowest BCUT2D eigenvalue weighted by Gasteiger charge is -2.26. The van der Waals surface area contributed by atoms with Crippen molar-refractivity contribution < 1.29 is 19.0 Å². The summed E-state index contributed by atoms with van der Waals surface area (Å²) in [5, 5.41) is 16.8. The molecular formula is C21H23N5O4. The Hall–Kier alpha value is -3.62. The number of nitrogens with one attached hydrogen (secondary N) is 2. The summed E-state index contributed by atoms with van der Waals surface area (Å²) in [5.74, 6) is 1.61. The molecule has 0 aliphatic carbocycles. The molecule has 0 bridgehead atoms. The molecule has 4 rings (SSSR count). The molecule has 3 aromatic rings. The Morgan fingerprint density at radius 3 is 2.97 bits per heavy atom. The van der Waals surface area contributed by atoms with Gasteiger partial charge in [0.2, 0.25) is 5.82 Å². The topological polar surface area (TPSA) is 111 Å². The molecule has 1 aliphatic heterocycles. The van der Waals surface area contributed by atoms with E-state index >= 15 is 0 Å². The number of anilines is 1. The van der Waals surface area contributed by atoms with Crippen LogP contribution in [0.15, 0.2) is 42.5 Å². The Morgan fingerprint density at radius 2 is 2.13 bits per heavy atom. The Kier molecular flexibility index (Phi) is 6.07. The number of carbonyl (C=O) groups excluding carboxylic acids is 1. The van der Waals surface area contributed by atoms with Gasteiger partial charge in [-0.25, -0.2) is 0 Å². The average molecular weight is 409 g/mol. The van der Waals surface area contributed by atoms with Gasteiger partial charge in [0.15, 0.2) is 17.6 Å². The Morgan fingerprint density at radius 1 is 1.23 bits per heavy atom. The fourth-order valence-electron chi connectivity index (χ4n) is 3.13. The van der Waals surface area contributed by atoms with E-state index in [0.29, 0.717) is 40.9 Å². The molecule has 1 atom stereocenters. The molecule has 1 amide bonds. The zero-order valence-corrected chi connectivity index (χ0v) is 16.6. The summed E-state index contributed by atoms with van der Waals surface area (Å²) < 4.78 is 17.6. The molecule has 2 aromatic carbocycles. The van der Waals surface area contributed by atoms with Gasteiger partial charge < -0.3 is 19.5 Å². The molecule has 0 saturated carbocycles. The van der Waals surface area contributed by atoms with E-state index < -0.39 is 6.10 Å². The van der Waals surface area contributed by atoms with Crippen molar-refractivity contribution in [3.05, 3.63) is 53.9 Å². The lowest BCUT2D eigenvalue weighted by atomic mass is 10.1. The predicted molar refractivity (Wildman–Crippen MR) is 109 cm³/mol.